The van der Waals surface area contributed by atoms with E-state index in [-0.39, 0.29) is 0 Å². The highest BCUT2D eigenvalue weighted by Gasteiger charge is 2.16. The van der Waals surface area contributed by atoms with Gasteiger partial charge in [-0.2, -0.15) is 14.6 Å². The van der Waals surface area contributed by atoms with Gasteiger partial charge >= 0.3 is 0 Å². The monoisotopic (exact) mass is 707 g/mol. The molecule has 1 aliphatic rings. The van der Waals surface area contributed by atoms with Gasteiger partial charge < -0.3 is 9.80 Å². The van der Waals surface area contributed by atoms with Gasteiger partial charge in [-0.1, -0.05) is 15.9 Å². The summed E-state index contributed by atoms with van der Waals surface area (Å²) >= 11 is 10.3. The average molecular weight is 710 g/mol. The van der Waals surface area contributed by atoms with E-state index < -0.39 is 0 Å². The Bertz CT molecular complexity index is 1790. The van der Waals surface area contributed by atoms with Crippen LogP contribution in [-0.2, 0) is 0 Å². The zero-order valence-corrected chi connectivity index (χ0v) is 27.6. The molecule has 0 saturated carbocycles. The number of nitrogens with zero attached hydrogens (tertiary/aromatic N) is 7. The van der Waals surface area contributed by atoms with E-state index in [1.807, 2.05) is 54.7 Å². The Labute approximate surface area is 264 Å². The molecule has 0 spiro atoms. The van der Waals surface area contributed by atoms with Crippen LogP contribution in [0.1, 0.15) is 24.0 Å². The van der Waals surface area contributed by atoms with Crippen molar-refractivity contribution in [2.45, 2.75) is 26.7 Å². The van der Waals surface area contributed by atoms with E-state index in [0.29, 0.717) is 0 Å². The maximum absolute atomic E-state index is 4.55. The van der Waals surface area contributed by atoms with Gasteiger partial charge in [-0.15, -0.1) is 21.6 Å². The summed E-state index contributed by atoms with van der Waals surface area (Å²) in [6, 6.07) is 20.5. The second kappa shape index (κ2) is 12.1. The van der Waals surface area contributed by atoms with Gasteiger partial charge in [0.05, 0.1) is 27.1 Å². The number of rotatable bonds is 7. The summed E-state index contributed by atoms with van der Waals surface area (Å²) in [6.45, 7) is 6.40. The molecule has 0 amide bonds. The van der Waals surface area contributed by atoms with Gasteiger partial charge in [-0.05, 0) is 126 Å². The number of fused-ring (bicyclic) bond motifs is 1. The van der Waals surface area contributed by atoms with Crippen molar-refractivity contribution in [1.82, 2.24) is 4.37 Å². The van der Waals surface area contributed by atoms with Crippen molar-refractivity contribution in [3.05, 3.63) is 80.7 Å². The minimum Gasteiger partial charge on any atom is -0.363 e. The topological polar surface area (TPSA) is 68.8 Å². The highest BCUT2D eigenvalue weighted by molar-refractivity contribution is 9.11. The van der Waals surface area contributed by atoms with Crippen molar-refractivity contribution in [2.75, 3.05) is 29.9 Å². The van der Waals surface area contributed by atoms with Crippen LogP contribution >= 0.6 is 54.7 Å². The largest absolute Gasteiger partial charge is 0.363 e. The zero-order chi connectivity index (χ0) is 28.5. The Hall–Kier alpha value is -2.99. The molecule has 1 saturated heterocycles. The molecule has 5 aromatic rings. The molecule has 208 valence electrons. The molecule has 0 aliphatic carbocycles. The van der Waals surface area contributed by atoms with Crippen LogP contribution in [0, 0.1) is 13.8 Å². The van der Waals surface area contributed by atoms with Gasteiger partial charge in [0.1, 0.15) is 5.52 Å². The van der Waals surface area contributed by atoms with Crippen LogP contribution in [-0.4, -0.2) is 24.5 Å². The number of thiophene rings is 1. The second-order valence-corrected chi connectivity index (χ2v) is 13.5. The van der Waals surface area contributed by atoms with Gasteiger partial charge in [0.25, 0.3) is 0 Å². The lowest BCUT2D eigenvalue weighted by Gasteiger charge is -2.19. The van der Waals surface area contributed by atoms with Gasteiger partial charge in [-0.3, -0.25) is 0 Å². The van der Waals surface area contributed by atoms with E-state index in [9.17, 15) is 0 Å². The van der Waals surface area contributed by atoms with Gasteiger partial charge in [0, 0.05) is 40.2 Å². The van der Waals surface area contributed by atoms with Crippen molar-refractivity contribution < 1.29 is 0 Å². The van der Waals surface area contributed by atoms with Crippen LogP contribution in [0.15, 0.2) is 90.1 Å². The fourth-order valence-corrected chi connectivity index (χ4v) is 7.93. The quantitative estimate of drug-likeness (QED) is 0.158. The molecule has 41 heavy (non-hydrogen) atoms. The average Bonchev–Trinajstić information content (AvgIpc) is 3.73. The SMILES string of the molecule is Cc1cc(N(C)c2ccc(N3CCCC3)s2)ccc1/N=N/c1ccc(/N=N/c2snc3c(Br)cc(Br)cc23)c(C)c1. The van der Waals surface area contributed by atoms with E-state index in [2.05, 4.69) is 105 Å². The van der Waals surface area contributed by atoms with Crippen molar-refractivity contribution >= 4 is 103 Å². The fourth-order valence-electron chi connectivity index (χ4n) is 4.75. The summed E-state index contributed by atoms with van der Waals surface area (Å²) in [5.41, 5.74) is 6.46. The smallest absolute Gasteiger partial charge is 0.166 e. The predicted molar refractivity (Wildman–Crippen MR) is 180 cm³/mol. The van der Waals surface area contributed by atoms with Crippen LogP contribution in [0.4, 0.5) is 37.8 Å². The van der Waals surface area contributed by atoms with Crippen LogP contribution in [0.3, 0.4) is 0 Å². The summed E-state index contributed by atoms with van der Waals surface area (Å²) in [5.74, 6) is 0. The van der Waals surface area contributed by atoms with E-state index >= 15 is 0 Å². The van der Waals surface area contributed by atoms with Crippen LogP contribution in [0.25, 0.3) is 10.9 Å². The maximum atomic E-state index is 4.55. The summed E-state index contributed by atoms with van der Waals surface area (Å²) in [4.78, 5) is 4.72. The van der Waals surface area contributed by atoms with Gasteiger partial charge in [0.2, 0.25) is 0 Å². The molecule has 0 bridgehead atoms. The third kappa shape index (κ3) is 6.13. The van der Waals surface area contributed by atoms with E-state index in [4.69, 9.17) is 0 Å². The van der Waals surface area contributed by atoms with Crippen LogP contribution in [0.2, 0.25) is 0 Å². The molecule has 0 N–H and O–H groups in total. The normalized spacial score (nSPS) is 13.8. The number of hydrogen-bond acceptors (Lipinski definition) is 9. The number of aryl methyl sites for hydroxylation is 2. The molecule has 2 aromatic heterocycles. The van der Waals surface area contributed by atoms with Gasteiger partial charge in [0.15, 0.2) is 5.00 Å². The van der Waals surface area contributed by atoms with E-state index in [0.717, 1.165) is 71.8 Å². The molecule has 1 aliphatic heterocycles. The molecule has 1 fully saturated rings. The zero-order valence-electron chi connectivity index (χ0n) is 22.8. The lowest BCUT2D eigenvalue weighted by atomic mass is 10.1. The first-order valence-electron chi connectivity index (χ1n) is 13.2. The Morgan fingerprint density at radius 1 is 0.829 bits per heavy atom. The summed E-state index contributed by atoms with van der Waals surface area (Å²) in [6.07, 6.45) is 2.57. The number of anilines is 3. The first-order chi connectivity index (χ1) is 19.9. The lowest BCUT2D eigenvalue weighted by molar-refractivity contribution is 0.949. The Balaban J connectivity index is 1.15. The summed E-state index contributed by atoms with van der Waals surface area (Å²) in [7, 11) is 2.12. The maximum Gasteiger partial charge on any atom is 0.166 e. The molecule has 3 aromatic carbocycles. The third-order valence-corrected chi connectivity index (χ3v) is 10.1. The van der Waals surface area contributed by atoms with Gasteiger partial charge in [-0.25, -0.2) is 0 Å². The summed E-state index contributed by atoms with van der Waals surface area (Å²) in [5, 5.41) is 22.3. The number of hydrogen-bond donors (Lipinski definition) is 0. The number of benzene rings is 3. The van der Waals surface area contributed by atoms with Crippen molar-refractivity contribution in [3.8, 4) is 0 Å². The molecular formula is C30H27Br2N7S2. The molecule has 6 rings (SSSR count). The molecular weight excluding hydrogens is 682 g/mol. The first-order valence-corrected chi connectivity index (χ1v) is 16.4. The number of aromatic nitrogens is 1. The third-order valence-electron chi connectivity index (χ3n) is 7.08. The first kappa shape index (κ1) is 28.1. The molecule has 0 radical (unpaired) electrons. The Morgan fingerprint density at radius 3 is 2.32 bits per heavy atom. The molecule has 11 heteroatoms. The Kier molecular flexibility index (Phi) is 8.30. The summed E-state index contributed by atoms with van der Waals surface area (Å²) < 4.78 is 6.39. The second-order valence-electron chi connectivity index (χ2n) is 9.98. The van der Waals surface area contributed by atoms with Crippen molar-refractivity contribution in [2.24, 2.45) is 20.5 Å². The molecule has 3 heterocycles. The highest BCUT2D eigenvalue weighted by Crippen LogP contribution is 2.39. The number of halogens is 2. The number of azo groups is 2. The highest BCUT2D eigenvalue weighted by atomic mass is 79.9. The minimum atomic E-state index is 0.765. The minimum absolute atomic E-state index is 0.765. The van der Waals surface area contributed by atoms with E-state index in [1.165, 1.54) is 34.4 Å². The van der Waals surface area contributed by atoms with Crippen molar-refractivity contribution in [1.29, 1.82) is 0 Å². The van der Waals surface area contributed by atoms with Crippen LogP contribution < -0.4 is 9.80 Å². The van der Waals surface area contributed by atoms with Crippen molar-refractivity contribution in [3.63, 3.8) is 0 Å². The van der Waals surface area contributed by atoms with Crippen LogP contribution in [0.5, 0.6) is 0 Å². The lowest BCUT2D eigenvalue weighted by Crippen LogP contribution is -2.15. The predicted octanol–water partition coefficient (Wildman–Crippen LogP) is 11.7. The Morgan fingerprint density at radius 2 is 1.56 bits per heavy atom. The molecule has 0 unspecified atom stereocenters. The van der Waals surface area contributed by atoms with E-state index in [1.54, 1.807) is 0 Å². The standard InChI is InChI=1S/C30H27Br2N7S2/c1-18-14-21(6-8-25(18)35-36-30-23-16-20(31)17-24(32)29(23)37-41-30)33-34-26-9-7-22(15-19(26)2)38(3)27-10-11-28(40-27)39-12-4-5-13-39/h6-11,14-17H,4-5,12-13H2,1-3H3/b34-33+,36-35+. The fraction of sp³-hybridized carbons (Fsp3) is 0.233. The molecule has 0 atom stereocenters. The molecule has 7 nitrogen and oxygen atoms in total.